The van der Waals surface area contributed by atoms with E-state index in [0.717, 1.165) is 12.8 Å². The topological polar surface area (TPSA) is 185 Å². The molecule has 11 nitrogen and oxygen atoms in total. The Morgan fingerprint density at radius 1 is 0.938 bits per heavy atom. The second-order valence-corrected chi connectivity index (χ2v) is 6.91. The van der Waals surface area contributed by atoms with E-state index in [1.54, 1.807) is 13.8 Å². The average Bonchev–Trinajstić information content (AvgIpc) is 2.71. The highest BCUT2D eigenvalue weighted by molar-refractivity contribution is 5.90. The minimum Gasteiger partial charge on any atom is -0.478 e. The number of hydrogen-bond acceptors (Lipinski definition) is 7. The lowest BCUT2D eigenvalue weighted by molar-refractivity contribution is -0.144. The van der Waals surface area contributed by atoms with Crippen LogP contribution in [0.25, 0.3) is 0 Å². The SMILES string of the molecule is CCC[C@@H](CN[C@@H](CC)C(=O)N[C@@H](CC)C(N)=O)CC(=O)OCC.O=C(O)/C=C\C(=O)O. The number of esters is 1. The Morgan fingerprint density at radius 3 is 1.84 bits per heavy atom. The first-order valence-electron chi connectivity index (χ1n) is 10.6. The van der Waals surface area contributed by atoms with Gasteiger partial charge in [0.1, 0.15) is 6.04 Å². The van der Waals surface area contributed by atoms with Crippen molar-refractivity contribution in [3.63, 3.8) is 0 Å². The summed E-state index contributed by atoms with van der Waals surface area (Å²) in [5.41, 5.74) is 5.26. The normalized spacial score (nSPS) is 13.2. The van der Waals surface area contributed by atoms with E-state index in [0.29, 0.717) is 44.6 Å². The molecule has 0 heterocycles. The maximum absolute atomic E-state index is 12.3. The quantitative estimate of drug-likeness (QED) is 0.175. The maximum atomic E-state index is 12.3. The van der Waals surface area contributed by atoms with Crippen molar-refractivity contribution in [2.75, 3.05) is 13.2 Å². The number of nitrogens with one attached hydrogen (secondary N) is 2. The van der Waals surface area contributed by atoms with Crippen molar-refractivity contribution in [2.45, 2.75) is 71.9 Å². The van der Waals surface area contributed by atoms with Crippen LogP contribution < -0.4 is 16.4 Å². The molecule has 0 rings (SSSR count). The number of carboxylic acid groups (broad SMARTS) is 2. The number of rotatable bonds is 15. The third-order valence-corrected chi connectivity index (χ3v) is 4.27. The van der Waals surface area contributed by atoms with Gasteiger partial charge in [-0.3, -0.25) is 14.4 Å². The van der Waals surface area contributed by atoms with Crippen molar-refractivity contribution in [1.82, 2.24) is 10.6 Å². The van der Waals surface area contributed by atoms with Crippen molar-refractivity contribution in [3.8, 4) is 0 Å². The van der Waals surface area contributed by atoms with Gasteiger partial charge in [-0.2, -0.15) is 0 Å². The predicted octanol–water partition coefficient (Wildman–Crippen LogP) is 0.816. The molecule has 0 radical (unpaired) electrons. The van der Waals surface area contributed by atoms with Crippen LogP contribution in [0.5, 0.6) is 0 Å². The molecule has 0 aliphatic rings. The number of hydrogen-bond donors (Lipinski definition) is 5. The fraction of sp³-hybridized carbons (Fsp3) is 0.667. The van der Waals surface area contributed by atoms with Crippen molar-refractivity contribution in [2.24, 2.45) is 11.7 Å². The number of aliphatic carboxylic acids is 2. The zero-order valence-electron chi connectivity index (χ0n) is 19.3. The Kier molecular flexibility index (Phi) is 18.3. The van der Waals surface area contributed by atoms with Gasteiger partial charge in [0.15, 0.2) is 0 Å². The summed E-state index contributed by atoms with van der Waals surface area (Å²) in [5.74, 6) is -3.38. The van der Waals surface area contributed by atoms with Crippen LogP contribution in [0, 0.1) is 5.92 Å². The number of nitrogens with two attached hydrogens (primary N) is 1. The van der Waals surface area contributed by atoms with Crippen LogP contribution in [0.3, 0.4) is 0 Å². The van der Waals surface area contributed by atoms with Gasteiger partial charge in [0.25, 0.3) is 0 Å². The number of ether oxygens (including phenoxy) is 1. The van der Waals surface area contributed by atoms with Gasteiger partial charge in [-0.05, 0) is 38.6 Å². The van der Waals surface area contributed by atoms with Crippen molar-refractivity contribution < 1.29 is 38.9 Å². The first kappa shape index (κ1) is 31.2. The van der Waals surface area contributed by atoms with Gasteiger partial charge in [0.05, 0.1) is 12.6 Å². The van der Waals surface area contributed by atoms with Gasteiger partial charge in [0, 0.05) is 18.6 Å². The molecule has 0 aliphatic heterocycles. The standard InChI is InChI=1S/C17H33N3O4.C4H4O4/c1-5-9-12(10-15(21)24-8-4)11-19-14(7-3)17(23)20-13(6-2)16(18)22;5-3(6)1-2-4(7)8/h12-14,19H,5-11H2,1-4H3,(H2,18,22)(H,20,23);1-2H,(H,5,6)(H,7,8)/b;2-1-/t12-,13+,14+;/m1./s1. The van der Waals surface area contributed by atoms with E-state index in [1.807, 2.05) is 6.92 Å². The highest BCUT2D eigenvalue weighted by Crippen LogP contribution is 2.12. The highest BCUT2D eigenvalue weighted by atomic mass is 16.5. The van der Waals surface area contributed by atoms with Gasteiger partial charge in [-0.25, -0.2) is 9.59 Å². The maximum Gasteiger partial charge on any atom is 0.328 e. The minimum absolute atomic E-state index is 0.119. The number of carbonyl (C=O) groups is 5. The van der Waals surface area contributed by atoms with Gasteiger partial charge in [0.2, 0.25) is 11.8 Å². The molecule has 0 saturated heterocycles. The molecule has 0 bridgehead atoms. The summed E-state index contributed by atoms with van der Waals surface area (Å²) in [4.78, 5) is 54.3. The molecule has 0 saturated carbocycles. The third kappa shape index (κ3) is 16.8. The lowest BCUT2D eigenvalue weighted by Gasteiger charge is -2.23. The van der Waals surface area contributed by atoms with E-state index in [1.165, 1.54) is 0 Å². The van der Waals surface area contributed by atoms with E-state index < -0.39 is 29.9 Å². The van der Waals surface area contributed by atoms with Gasteiger partial charge in [-0.1, -0.05) is 27.2 Å². The van der Waals surface area contributed by atoms with E-state index in [9.17, 15) is 24.0 Å². The first-order chi connectivity index (χ1) is 15.0. The van der Waals surface area contributed by atoms with Crippen LogP contribution >= 0.6 is 0 Å². The molecule has 0 aromatic rings. The molecular weight excluding hydrogens is 422 g/mol. The molecule has 0 fully saturated rings. The molecule has 2 amide bonds. The second kappa shape index (κ2) is 18.8. The molecule has 0 aromatic heterocycles. The van der Waals surface area contributed by atoms with Crippen molar-refractivity contribution >= 4 is 29.7 Å². The Labute approximate surface area is 188 Å². The average molecular weight is 460 g/mol. The van der Waals surface area contributed by atoms with Crippen LogP contribution in [0.4, 0.5) is 0 Å². The number of amides is 2. The van der Waals surface area contributed by atoms with E-state index >= 15 is 0 Å². The smallest absolute Gasteiger partial charge is 0.328 e. The molecule has 184 valence electrons. The van der Waals surface area contributed by atoms with E-state index in [2.05, 4.69) is 17.6 Å². The molecule has 32 heavy (non-hydrogen) atoms. The van der Waals surface area contributed by atoms with Crippen LogP contribution in [0.15, 0.2) is 12.2 Å². The molecule has 11 heteroatoms. The first-order valence-corrected chi connectivity index (χ1v) is 10.6. The minimum atomic E-state index is -1.26. The van der Waals surface area contributed by atoms with Crippen LogP contribution in [0.1, 0.15) is 59.8 Å². The molecular formula is C21H37N3O8. The Morgan fingerprint density at radius 2 is 1.47 bits per heavy atom. The number of carboxylic acids is 2. The van der Waals surface area contributed by atoms with Crippen molar-refractivity contribution in [3.05, 3.63) is 12.2 Å². The molecule has 0 unspecified atom stereocenters. The summed E-state index contributed by atoms with van der Waals surface area (Å²) >= 11 is 0. The predicted molar refractivity (Wildman–Crippen MR) is 118 cm³/mol. The molecule has 0 spiro atoms. The largest absolute Gasteiger partial charge is 0.478 e. The Balaban J connectivity index is 0. The summed E-state index contributed by atoms with van der Waals surface area (Å²) < 4.78 is 5.00. The van der Waals surface area contributed by atoms with Gasteiger partial charge < -0.3 is 31.3 Å². The second-order valence-electron chi connectivity index (χ2n) is 6.91. The number of carbonyl (C=O) groups excluding carboxylic acids is 3. The zero-order valence-corrected chi connectivity index (χ0v) is 19.3. The van der Waals surface area contributed by atoms with Crippen molar-refractivity contribution in [1.29, 1.82) is 0 Å². The van der Waals surface area contributed by atoms with E-state index in [4.69, 9.17) is 20.7 Å². The molecule has 6 N–H and O–H groups in total. The fourth-order valence-electron chi connectivity index (χ4n) is 2.66. The summed E-state index contributed by atoms with van der Waals surface area (Å²) in [6.45, 7) is 8.44. The lowest BCUT2D eigenvalue weighted by atomic mass is 9.99. The monoisotopic (exact) mass is 459 g/mol. The highest BCUT2D eigenvalue weighted by Gasteiger charge is 2.23. The third-order valence-electron chi connectivity index (χ3n) is 4.27. The summed E-state index contributed by atoms with van der Waals surface area (Å²) in [6.07, 6.45) is 4.32. The van der Waals surface area contributed by atoms with Crippen LogP contribution in [-0.2, 0) is 28.7 Å². The molecule has 3 atom stereocenters. The lowest BCUT2D eigenvalue weighted by Crippen LogP contribution is -2.52. The zero-order chi connectivity index (χ0) is 25.1. The summed E-state index contributed by atoms with van der Waals surface area (Å²) in [5, 5.41) is 21.5. The molecule has 0 aromatic carbocycles. The molecule has 0 aliphatic carbocycles. The number of primary amides is 1. The summed E-state index contributed by atoms with van der Waals surface area (Å²) in [7, 11) is 0. The van der Waals surface area contributed by atoms with Crippen LogP contribution in [0.2, 0.25) is 0 Å². The van der Waals surface area contributed by atoms with Gasteiger partial charge >= 0.3 is 17.9 Å². The summed E-state index contributed by atoms with van der Waals surface area (Å²) in [6, 6.07) is -1.07. The van der Waals surface area contributed by atoms with Crippen LogP contribution in [-0.4, -0.2) is 65.2 Å². The van der Waals surface area contributed by atoms with Gasteiger partial charge in [-0.15, -0.1) is 0 Å². The Hall–Kier alpha value is -2.95. The Bertz CT molecular complexity index is 621. The fourth-order valence-corrected chi connectivity index (χ4v) is 2.66. The van der Waals surface area contributed by atoms with E-state index in [-0.39, 0.29) is 17.8 Å².